The average molecular weight is 701 g/mol. The zero-order chi connectivity index (χ0) is 36.4. The fraction of sp³-hybridized carbons (Fsp3) is 0.475. The van der Waals surface area contributed by atoms with Crippen LogP contribution in [-0.2, 0) is 41.7 Å². The lowest BCUT2D eigenvalue weighted by Gasteiger charge is -2.38. The van der Waals surface area contributed by atoms with E-state index in [4.69, 9.17) is 19.9 Å². The fourth-order valence-corrected chi connectivity index (χ4v) is 6.45. The summed E-state index contributed by atoms with van der Waals surface area (Å²) in [5.41, 5.74) is 10.1. The highest BCUT2D eigenvalue weighted by Gasteiger charge is 2.39. The Kier molecular flexibility index (Phi) is 13.2. The highest BCUT2D eigenvalue weighted by atomic mass is 16.7. The number of likely N-dealkylation sites (tertiary alicyclic amines) is 1. The topological polar surface area (TPSA) is 152 Å². The molecule has 2 amide bonds. The predicted octanol–water partition coefficient (Wildman–Crippen LogP) is 5.93. The highest BCUT2D eigenvalue weighted by Crippen LogP contribution is 2.39. The zero-order valence-electron chi connectivity index (χ0n) is 29.9. The first-order chi connectivity index (χ1) is 24.5. The zero-order valence-corrected chi connectivity index (χ0v) is 29.9. The van der Waals surface area contributed by atoms with Gasteiger partial charge in [-0.05, 0) is 81.8 Å². The van der Waals surface area contributed by atoms with Crippen LogP contribution in [0.5, 0.6) is 0 Å². The number of unbranched alkanes of at least 4 members (excludes halogenated alkanes) is 1. The van der Waals surface area contributed by atoms with Crippen LogP contribution in [0.3, 0.4) is 0 Å². The van der Waals surface area contributed by atoms with Gasteiger partial charge in [0.2, 0.25) is 11.8 Å². The van der Waals surface area contributed by atoms with Crippen molar-refractivity contribution >= 4 is 29.2 Å². The number of anilines is 2. The summed E-state index contributed by atoms with van der Waals surface area (Å²) in [6.07, 6.45) is 3.05. The normalized spacial score (nSPS) is 20.9. The third-order valence-corrected chi connectivity index (χ3v) is 9.13. The van der Waals surface area contributed by atoms with E-state index >= 15 is 0 Å². The number of nitrogens with two attached hydrogens (primary N) is 1. The van der Waals surface area contributed by atoms with Crippen LogP contribution in [-0.4, -0.2) is 58.6 Å². The summed E-state index contributed by atoms with van der Waals surface area (Å²) in [6, 6.07) is 22.4. The Labute approximate surface area is 300 Å². The second-order valence-corrected chi connectivity index (χ2v) is 14.4. The van der Waals surface area contributed by atoms with Gasteiger partial charge in [0, 0.05) is 37.9 Å². The molecule has 2 aliphatic rings. The summed E-state index contributed by atoms with van der Waals surface area (Å²) >= 11 is 0. The van der Waals surface area contributed by atoms with Crippen molar-refractivity contribution in [2.75, 3.05) is 24.1 Å². The minimum Gasteiger partial charge on any atom is -0.459 e. The van der Waals surface area contributed by atoms with Gasteiger partial charge >= 0.3 is 5.97 Å². The standard InChI is InChI=1S/C40H52N4O7/c1-40(2,3)51-38(48)34-11-8-22-44(34)25-31-23-35(29-18-16-28(26-45)17-19-29)50-39(49-31)30-20-14-27(15-21-30)24-42-36(46)12-6-7-13-37(47)43-33-10-5-4-9-32(33)41/h4-5,9-10,14-21,31,34-35,39,45H,6-8,11-13,22-26,41H2,1-3H3,(H,42,46)(H,43,47)/t31-,34-,35+,39+/m0/s1. The molecular formula is C40H52N4O7. The van der Waals surface area contributed by atoms with Gasteiger partial charge in [0.05, 0.1) is 30.2 Å². The lowest BCUT2D eigenvalue weighted by molar-refractivity contribution is -0.253. The number of para-hydroxylation sites is 2. The Morgan fingerprint density at radius 3 is 2.25 bits per heavy atom. The molecule has 0 spiro atoms. The van der Waals surface area contributed by atoms with Crippen molar-refractivity contribution in [2.45, 2.75) is 109 Å². The Bertz CT molecular complexity index is 1610. The number of carbonyl (C=O) groups is 3. The van der Waals surface area contributed by atoms with Gasteiger partial charge in [-0.1, -0.05) is 60.7 Å². The van der Waals surface area contributed by atoms with E-state index in [0.29, 0.717) is 56.6 Å². The largest absolute Gasteiger partial charge is 0.459 e. The lowest BCUT2D eigenvalue weighted by atomic mass is 9.99. The van der Waals surface area contributed by atoms with Crippen molar-refractivity contribution in [3.8, 4) is 0 Å². The second-order valence-electron chi connectivity index (χ2n) is 14.4. The third-order valence-electron chi connectivity index (χ3n) is 9.13. The maximum Gasteiger partial charge on any atom is 0.323 e. The van der Waals surface area contributed by atoms with Crippen LogP contribution in [0.1, 0.15) is 100 Å². The molecule has 3 aromatic carbocycles. The number of nitrogens with zero attached hydrogens (tertiary/aromatic N) is 1. The van der Waals surface area contributed by atoms with Gasteiger partial charge in [0.25, 0.3) is 0 Å². The number of nitrogen functional groups attached to an aromatic ring is 1. The minimum absolute atomic E-state index is 0.0296. The molecule has 5 rings (SSSR count). The van der Waals surface area contributed by atoms with Crippen molar-refractivity contribution in [1.82, 2.24) is 10.2 Å². The van der Waals surface area contributed by atoms with Crippen molar-refractivity contribution in [3.05, 3.63) is 95.1 Å². The summed E-state index contributed by atoms with van der Waals surface area (Å²) in [5, 5.41) is 15.3. The quantitative estimate of drug-likeness (QED) is 0.0911. The Morgan fingerprint density at radius 1 is 0.902 bits per heavy atom. The molecule has 0 aliphatic carbocycles. The number of hydrogen-bond donors (Lipinski definition) is 4. The Hall–Kier alpha value is -4.29. The number of rotatable bonds is 14. The summed E-state index contributed by atoms with van der Waals surface area (Å²) in [4.78, 5) is 40.0. The molecule has 11 nitrogen and oxygen atoms in total. The first-order valence-corrected chi connectivity index (χ1v) is 17.9. The molecule has 274 valence electrons. The van der Waals surface area contributed by atoms with Crippen LogP contribution in [0.2, 0.25) is 0 Å². The maximum atomic E-state index is 13.0. The van der Waals surface area contributed by atoms with E-state index in [-0.39, 0.29) is 42.6 Å². The van der Waals surface area contributed by atoms with Gasteiger partial charge in [-0.2, -0.15) is 0 Å². The number of aliphatic hydroxyl groups is 1. The molecule has 2 saturated heterocycles. The average Bonchev–Trinajstić information content (AvgIpc) is 3.58. The third kappa shape index (κ3) is 11.4. The minimum atomic E-state index is -0.631. The SMILES string of the molecule is CC(C)(C)OC(=O)[C@@H]1CCCN1C[C@@H]1C[C@H](c2ccc(CO)cc2)O[C@H](c2ccc(CNC(=O)CCCCC(=O)Nc3ccccc3N)cc2)O1. The fourth-order valence-electron chi connectivity index (χ4n) is 6.45. The number of ether oxygens (including phenoxy) is 3. The van der Waals surface area contributed by atoms with E-state index in [9.17, 15) is 19.5 Å². The van der Waals surface area contributed by atoms with Gasteiger partial charge in [0.15, 0.2) is 6.29 Å². The van der Waals surface area contributed by atoms with Crippen LogP contribution < -0.4 is 16.4 Å². The number of benzene rings is 3. The molecule has 4 atom stereocenters. The lowest BCUT2D eigenvalue weighted by Crippen LogP contribution is -2.45. The molecule has 0 saturated carbocycles. The van der Waals surface area contributed by atoms with E-state index in [1.807, 2.05) is 81.4 Å². The predicted molar refractivity (Wildman–Crippen MR) is 195 cm³/mol. The van der Waals surface area contributed by atoms with Crippen LogP contribution in [0.25, 0.3) is 0 Å². The molecule has 0 bridgehead atoms. The number of nitrogens with one attached hydrogen (secondary N) is 2. The maximum absolute atomic E-state index is 13.0. The van der Waals surface area contributed by atoms with Gasteiger partial charge in [-0.3, -0.25) is 19.3 Å². The molecule has 0 radical (unpaired) electrons. The molecule has 5 N–H and O–H groups in total. The van der Waals surface area contributed by atoms with E-state index in [1.165, 1.54) is 0 Å². The molecule has 0 aromatic heterocycles. The smallest absolute Gasteiger partial charge is 0.323 e. The first-order valence-electron chi connectivity index (χ1n) is 17.9. The number of amides is 2. The van der Waals surface area contributed by atoms with Crippen LogP contribution in [0, 0.1) is 0 Å². The molecule has 2 fully saturated rings. The van der Waals surface area contributed by atoms with Crippen molar-refractivity contribution < 1.29 is 33.7 Å². The Balaban J connectivity index is 1.14. The molecule has 2 heterocycles. The van der Waals surface area contributed by atoms with Crippen molar-refractivity contribution in [3.63, 3.8) is 0 Å². The highest BCUT2D eigenvalue weighted by molar-refractivity contribution is 5.93. The number of esters is 1. The van der Waals surface area contributed by atoms with Gasteiger partial charge in [-0.15, -0.1) is 0 Å². The molecule has 2 aliphatic heterocycles. The van der Waals surface area contributed by atoms with Crippen molar-refractivity contribution in [1.29, 1.82) is 0 Å². The van der Waals surface area contributed by atoms with Crippen LogP contribution in [0.15, 0.2) is 72.8 Å². The van der Waals surface area contributed by atoms with Gasteiger partial charge < -0.3 is 35.7 Å². The van der Waals surface area contributed by atoms with E-state index in [0.717, 1.165) is 41.6 Å². The summed E-state index contributed by atoms with van der Waals surface area (Å²) in [6.45, 7) is 7.38. The first kappa shape index (κ1) is 38.0. The van der Waals surface area contributed by atoms with Gasteiger partial charge in [-0.25, -0.2) is 0 Å². The van der Waals surface area contributed by atoms with E-state index < -0.39 is 11.9 Å². The molecule has 3 aromatic rings. The summed E-state index contributed by atoms with van der Waals surface area (Å²) in [7, 11) is 0. The number of hydrogen-bond acceptors (Lipinski definition) is 9. The van der Waals surface area contributed by atoms with E-state index in [2.05, 4.69) is 15.5 Å². The number of aliphatic hydroxyl groups excluding tert-OH is 1. The van der Waals surface area contributed by atoms with Gasteiger partial charge in [0.1, 0.15) is 11.6 Å². The molecule has 51 heavy (non-hydrogen) atoms. The monoisotopic (exact) mass is 700 g/mol. The summed E-state index contributed by atoms with van der Waals surface area (Å²) < 4.78 is 18.8. The van der Waals surface area contributed by atoms with E-state index in [1.54, 1.807) is 12.1 Å². The van der Waals surface area contributed by atoms with Crippen molar-refractivity contribution in [2.24, 2.45) is 0 Å². The Morgan fingerprint density at radius 2 is 1.57 bits per heavy atom. The second kappa shape index (κ2) is 17.8. The van der Waals surface area contributed by atoms with Crippen LogP contribution in [0.4, 0.5) is 11.4 Å². The molecule has 11 heteroatoms. The number of carbonyl (C=O) groups excluding carboxylic acids is 3. The molecular weight excluding hydrogens is 648 g/mol. The summed E-state index contributed by atoms with van der Waals surface area (Å²) in [5.74, 6) is -0.396. The van der Waals surface area contributed by atoms with Crippen LogP contribution >= 0.6 is 0 Å². The molecule has 0 unspecified atom stereocenters.